The lowest BCUT2D eigenvalue weighted by Gasteiger charge is -2.35. The molecule has 1 fully saturated rings. The van der Waals surface area contributed by atoms with Crippen molar-refractivity contribution < 1.29 is 13.5 Å². The monoisotopic (exact) mass is 401 g/mol. The molecule has 146 valence electrons. The van der Waals surface area contributed by atoms with E-state index in [9.17, 15) is 18.8 Å². The van der Waals surface area contributed by atoms with E-state index in [1.54, 1.807) is 27.7 Å². The third-order valence-corrected chi connectivity index (χ3v) is 7.01. The van der Waals surface area contributed by atoms with Crippen LogP contribution in [0.3, 0.4) is 0 Å². The number of nitrogen functional groups attached to an aromatic ring is 1. The van der Waals surface area contributed by atoms with Crippen LogP contribution in [0.15, 0.2) is 24.8 Å². The SMILES string of the molecule is N#CCC1(n2cc(-c3ncnc4c3ccn4CO)c(N)n2)CCS(=O)(=O)CC1. The van der Waals surface area contributed by atoms with Gasteiger partial charge in [-0.1, -0.05) is 0 Å². The number of aromatic nitrogens is 5. The Kier molecular flexibility index (Phi) is 4.32. The van der Waals surface area contributed by atoms with Gasteiger partial charge in [0.1, 0.15) is 18.7 Å². The van der Waals surface area contributed by atoms with Gasteiger partial charge in [-0.15, -0.1) is 0 Å². The average Bonchev–Trinajstić information content (AvgIpc) is 3.27. The van der Waals surface area contributed by atoms with Crippen molar-refractivity contribution in [2.24, 2.45) is 0 Å². The average molecular weight is 401 g/mol. The van der Waals surface area contributed by atoms with Crippen molar-refractivity contribution >= 4 is 26.7 Å². The van der Waals surface area contributed by atoms with E-state index in [1.165, 1.54) is 6.33 Å². The molecule has 10 nitrogen and oxygen atoms in total. The Morgan fingerprint density at radius 2 is 2.07 bits per heavy atom. The van der Waals surface area contributed by atoms with E-state index in [0.717, 1.165) is 0 Å². The summed E-state index contributed by atoms with van der Waals surface area (Å²) in [6.45, 7) is -0.214. The maximum atomic E-state index is 11.9. The molecule has 0 radical (unpaired) electrons. The second-order valence-corrected chi connectivity index (χ2v) is 9.27. The number of nitrogens with two attached hydrogens (primary N) is 1. The topological polar surface area (TPSA) is 153 Å². The van der Waals surface area contributed by atoms with Gasteiger partial charge in [-0.05, 0) is 18.9 Å². The number of hydrogen-bond donors (Lipinski definition) is 2. The van der Waals surface area contributed by atoms with Crippen molar-refractivity contribution in [1.29, 1.82) is 5.26 Å². The van der Waals surface area contributed by atoms with Crippen LogP contribution in [0, 0.1) is 11.3 Å². The lowest BCUT2D eigenvalue weighted by molar-refractivity contribution is 0.215. The Morgan fingerprint density at radius 1 is 1.32 bits per heavy atom. The number of anilines is 1. The zero-order valence-electron chi connectivity index (χ0n) is 15.0. The summed E-state index contributed by atoms with van der Waals surface area (Å²) in [5, 5.41) is 23.9. The number of rotatable bonds is 4. The summed E-state index contributed by atoms with van der Waals surface area (Å²) in [6, 6.07) is 3.95. The lowest BCUT2D eigenvalue weighted by Crippen LogP contribution is -2.42. The first-order valence-electron chi connectivity index (χ1n) is 8.73. The molecular weight excluding hydrogens is 382 g/mol. The van der Waals surface area contributed by atoms with Crippen LogP contribution in [-0.2, 0) is 22.1 Å². The van der Waals surface area contributed by atoms with E-state index in [0.29, 0.717) is 35.1 Å². The summed E-state index contributed by atoms with van der Waals surface area (Å²) in [4.78, 5) is 8.53. The molecule has 1 aliphatic rings. The normalized spacial score (nSPS) is 18.1. The van der Waals surface area contributed by atoms with E-state index in [-0.39, 0.29) is 30.5 Å². The molecule has 0 bridgehead atoms. The van der Waals surface area contributed by atoms with Crippen LogP contribution in [0.2, 0.25) is 0 Å². The molecule has 4 rings (SSSR count). The molecule has 0 saturated carbocycles. The second kappa shape index (κ2) is 6.57. The van der Waals surface area contributed by atoms with Crippen LogP contribution in [0.4, 0.5) is 5.82 Å². The summed E-state index contributed by atoms with van der Waals surface area (Å²) in [6.07, 6.45) is 5.57. The van der Waals surface area contributed by atoms with Crippen LogP contribution >= 0.6 is 0 Å². The molecule has 28 heavy (non-hydrogen) atoms. The number of hydrogen-bond acceptors (Lipinski definition) is 8. The summed E-state index contributed by atoms with van der Waals surface area (Å²) >= 11 is 0. The first kappa shape index (κ1) is 18.4. The molecule has 3 aromatic heterocycles. The van der Waals surface area contributed by atoms with Crippen LogP contribution in [0.5, 0.6) is 0 Å². The van der Waals surface area contributed by atoms with E-state index in [2.05, 4.69) is 21.1 Å². The predicted octanol–water partition coefficient (Wildman–Crippen LogP) is 0.644. The molecule has 0 aromatic carbocycles. The van der Waals surface area contributed by atoms with E-state index in [1.807, 2.05) is 0 Å². The van der Waals surface area contributed by atoms with Crippen molar-refractivity contribution in [3.05, 3.63) is 24.8 Å². The van der Waals surface area contributed by atoms with E-state index in [4.69, 9.17) is 5.73 Å². The minimum absolute atomic E-state index is 0.0148. The maximum absolute atomic E-state index is 11.9. The van der Waals surface area contributed by atoms with Crippen molar-refractivity contribution in [3.8, 4) is 17.3 Å². The van der Waals surface area contributed by atoms with Crippen molar-refractivity contribution in [2.45, 2.75) is 31.5 Å². The molecule has 0 spiro atoms. The fraction of sp³-hybridized carbons (Fsp3) is 0.412. The molecule has 11 heteroatoms. The predicted molar refractivity (Wildman–Crippen MR) is 101 cm³/mol. The standard InChI is InChI=1S/C17H19N7O3S/c18-5-2-17(3-7-28(26,27)8-4-17)24-9-13(15(19)22-24)14-12-1-6-23(11-25)16(12)21-10-20-14/h1,6,9-10,25H,2-4,7-8,11H2,(H2,19,22). The highest BCUT2D eigenvalue weighted by atomic mass is 32.2. The lowest BCUT2D eigenvalue weighted by atomic mass is 9.89. The quantitative estimate of drug-likeness (QED) is 0.646. The highest BCUT2D eigenvalue weighted by Gasteiger charge is 2.40. The minimum atomic E-state index is -3.09. The van der Waals surface area contributed by atoms with Gasteiger partial charge in [-0.25, -0.2) is 18.4 Å². The van der Waals surface area contributed by atoms with Gasteiger partial charge in [-0.2, -0.15) is 10.4 Å². The van der Waals surface area contributed by atoms with Gasteiger partial charge in [0.05, 0.1) is 40.8 Å². The molecule has 0 unspecified atom stereocenters. The fourth-order valence-corrected chi connectivity index (χ4v) is 5.28. The third-order valence-electron chi connectivity index (χ3n) is 5.36. The maximum Gasteiger partial charge on any atom is 0.154 e. The Bertz CT molecular complexity index is 1180. The molecule has 4 heterocycles. The Labute approximate surface area is 161 Å². The molecular formula is C17H19N7O3S. The largest absolute Gasteiger partial charge is 0.382 e. The zero-order chi connectivity index (χ0) is 19.9. The van der Waals surface area contributed by atoms with Gasteiger partial charge >= 0.3 is 0 Å². The van der Waals surface area contributed by atoms with Crippen LogP contribution in [0.1, 0.15) is 19.3 Å². The fourth-order valence-electron chi connectivity index (χ4n) is 3.70. The Morgan fingerprint density at radius 3 is 2.75 bits per heavy atom. The van der Waals surface area contributed by atoms with Crippen LogP contribution < -0.4 is 5.73 Å². The van der Waals surface area contributed by atoms with Gasteiger partial charge < -0.3 is 15.4 Å². The Hall–Kier alpha value is -2.97. The summed E-state index contributed by atoms with van der Waals surface area (Å²) < 4.78 is 26.9. The smallest absolute Gasteiger partial charge is 0.154 e. The van der Waals surface area contributed by atoms with Gasteiger partial charge in [0.2, 0.25) is 0 Å². The van der Waals surface area contributed by atoms with Gasteiger partial charge in [0.15, 0.2) is 15.7 Å². The molecule has 0 aliphatic carbocycles. The molecule has 0 atom stereocenters. The number of nitrogens with zero attached hydrogens (tertiary/aromatic N) is 6. The number of fused-ring (bicyclic) bond motifs is 1. The second-order valence-electron chi connectivity index (χ2n) is 6.97. The number of sulfone groups is 1. The number of aliphatic hydroxyl groups is 1. The van der Waals surface area contributed by atoms with E-state index >= 15 is 0 Å². The summed E-state index contributed by atoms with van der Waals surface area (Å²) in [7, 11) is -3.09. The highest BCUT2D eigenvalue weighted by Crippen LogP contribution is 2.37. The molecule has 3 N–H and O–H groups in total. The van der Waals surface area contributed by atoms with Crippen LogP contribution in [-0.4, -0.2) is 49.3 Å². The first-order chi connectivity index (χ1) is 13.4. The number of nitriles is 1. The molecule has 3 aromatic rings. The minimum Gasteiger partial charge on any atom is -0.382 e. The van der Waals surface area contributed by atoms with Gasteiger partial charge in [0, 0.05) is 17.8 Å². The first-order valence-corrected chi connectivity index (χ1v) is 10.6. The Balaban J connectivity index is 1.81. The molecule has 1 saturated heterocycles. The van der Waals surface area contributed by atoms with Crippen molar-refractivity contribution in [2.75, 3.05) is 17.2 Å². The third kappa shape index (κ3) is 2.90. The molecule has 0 amide bonds. The van der Waals surface area contributed by atoms with Crippen molar-refractivity contribution in [3.63, 3.8) is 0 Å². The zero-order valence-corrected chi connectivity index (χ0v) is 15.8. The molecule has 1 aliphatic heterocycles. The summed E-state index contributed by atoms with van der Waals surface area (Å²) in [5.41, 5.74) is 7.17. The summed E-state index contributed by atoms with van der Waals surface area (Å²) in [5.74, 6) is 0.268. The highest BCUT2D eigenvalue weighted by molar-refractivity contribution is 7.91. The van der Waals surface area contributed by atoms with Crippen LogP contribution in [0.25, 0.3) is 22.3 Å². The van der Waals surface area contributed by atoms with Gasteiger partial charge in [0.25, 0.3) is 0 Å². The van der Waals surface area contributed by atoms with Crippen molar-refractivity contribution in [1.82, 2.24) is 24.3 Å². The van der Waals surface area contributed by atoms with E-state index < -0.39 is 15.4 Å². The van der Waals surface area contributed by atoms with Gasteiger partial charge in [-0.3, -0.25) is 4.68 Å². The number of aliphatic hydroxyl groups excluding tert-OH is 1.